The minimum atomic E-state index is -4.29. The second-order valence-corrected chi connectivity index (χ2v) is 6.00. The van der Waals surface area contributed by atoms with Crippen molar-refractivity contribution in [2.24, 2.45) is 7.05 Å². The molecule has 0 aliphatic heterocycles. The van der Waals surface area contributed by atoms with Crippen LogP contribution in [-0.4, -0.2) is 29.3 Å². The van der Waals surface area contributed by atoms with Gasteiger partial charge in [-0.05, 0) is 12.1 Å². The lowest BCUT2D eigenvalue weighted by Gasteiger charge is -2.11. The first-order chi connectivity index (χ1) is 9.74. The number of aryl methyl sites for hydroxylation is 1. The van der Waals surface area contributed by atoms with Crippen molar-refractivity contribution in [2.45, 2.75) is 5.03 Å². The molecule has 0 atom stereocenters. The van der Waals surface area contributed by atoms with Crippen molar-refractivity contribution in [1.29, 1.82) is 0 Å². The van der Waals surface area contributed by atoms with Crippen molar-refractivity contribution in [3.63, 3.8) is 0 Å². The Bertz CT molecular complexity index is 799. The number of benzene rings is 1. The molecule has 0 aliphatic carbocycles. The first kappa shape index (κ1) is 15.3. The van der Waals surface area contributed by atoms with Gasteiger partial charge in [-0.2, -0.15) is 13.5 Å². The number of carbonyl (C=O) groups is 1. The molecule has 112 valence electrons. The molecule has 21 heavy (non-hydrogen) atoms. The molecule has 2 rings (SSSR count). The predicted molar refractivity (Wildman–Crippen MR) is 72.4 cm³/mol. The van der Waals surface area contributed by atoms with Gasteiger partial charge in [-0.1, -0.05) is 17.7 Å². The van der Waals surface area contributed by atoms with E-state index in [-0.39, 0.29) is 5.02 Å². The Morgan fingerprint density at radius 3 is 2.67 bits per heavy atom. The Kier molecular flexibility index (Phi) is 3.88. The SMILES string of the molecule is Cn1ncc(Cl)c1S(=O)(=O)Nc1c(F)cccc1C(=O)O. The Morgan fingerprint density at radius 1 is 1.48 bits per heavy atom. The number of para-hydroxylation sites is 1. The largest absolute Gasteiger partial charge is 0.478 e. The van der Waals surface area contributed by atoms with Crippen LogP contribution < -0.4 is 4.72 Å². The molecular formula is C11H9ClFN3O4S. The van der Waals surface area contributed by atoms with Crippen molar-refractivity contribution >= 4 is 33.3 Å². The molecule has 0 amide bonds. The van der Waals surface area contributed by atoms with E-state index in [9.17, 15) is 17.6 Å². The smallest absolute Gasteiger partial charge is 0.337 e. The van der Waals surface area contributed by atoms with E-state index >= 15 is 0 Å². The van der Waals surface area contributed by atoms with E-state index in [1.165, 1.54) is 7.05 Å². The van der Waals surface area contributed by atoms with Gasteiger partial charge in [0.1, 0.15) is 5.82 Å². The maximum Gasteiger partial charge on any atom is 0.337 e. The summed E-state index contributed by atoms with van der Waals surface area (Å²) in [6, 6.07) is 3.18. The topological polar surface area (TPSA) is 101 Å². The van der Waals surface area contributed by atoms with E-state index in [0.29, 0.717) is 0 Å². The maximum absolute atomic E-state index is 13.7. The van der Waals surface area contributed by atoms with Gasteiger partial charge < -0.3 is 5.11 Å². The summed E-state index contributed by atoms with van der Waals surface area (Å²) in [6.07, 6.45) is 1.11. The molecule has 1 aromatic heterocycles. The summed E-state index contributed by atoms with van der Waals surface area (Å²) < 4.78 is 41.0. The molecule has 0 fully saturated rings. The zero-order chi connectivity index (χ0) is 15.8. The number of aromatic carboxylic acids is 1. The first-order valence-electron chi connectivity index (χ1n) is 5.46. The molecule has 0 aliphatic rings. The van der Waals surface area contributed by atoms with E-state index < -0.39 is 38.1 Å². The van der Waals surface area contributed by atoms with E-state index in [2.05, 4.69) is 5.10 Å². The zero-order valence-corrected chi connectivity index (χ0v) is 12.1. The van der Waals surface area contributed by atoms with Crippen LogP contribution in [0, 0.1) is 5.82 Å². The zero-order valence-electron chi connectivity index (χ0n) is 10.5. The van der Waals surface area contributed by atoms with E-state index in [1.807, 2.05) is 4.72 Å². The van der Waals surface area contributed by atoms with Crippen molar-refractivity contribution < 1.29 is 22.7 Å². The summed E-state index contributed by atoms with van der Waals surface area (Å²) in [5, 5.41) is 12.1. The van der Waals surface area contributed by atoms with Gasteiger partial charge in [0.05, 0.1) is 22.5 Å². The highest BCUT2D eigenvalue weighted by molar-refractivity contribution is 7.92. The van der Waals surface area contributed by atoms with Gasteiger partial charge in [-0.25, -0.2) is 9.18 Å². The monoisotopic (exact) mass is 333 g/mol. The van der Waals surface area contributed by atoms with Gasteiger partial charge in [0, 0.05) is 7.05 Å². The highest BCUT2D eigenvalue weighted by Crippen LogP contribution is 2.26. The standard InChI is InChI=1S/C11H9ClFN3O4S/c1-16-10(7(12)5-14-16)21(19,20)15-9-6(11(17)18)3-2-4-8(9)13/h2-5,15H,1H3,(H,17,18). The summed E-state index contributed by atoms with van der Waals surface area (Å²) >= 11 is 5.73. The summed E-state index contributed by atoms with van der Waals surface area (Å²) in [5.41, 5.74) is -1.18. The van der Waals surface area contributed by atoms with Gasteiger partial charge in [0.25, 0.3) is 10.0 Å². The predicted octanol–water partition coefficient (Wildman–Crippen LogP) is 1.71. The minimum Gasteiger partial charge on any atom is -0.478 e. The molecule has 0 spiro atoms. The summed E-state index contributed by atoms with van der Waals surface area (Å²) in [5.74, 6) is -2.49. The summed E-state index contributed by atoms with van der Waals surface area (Å²) in [6.45, 7) is 0. The van der Waals surface area contributed by atoms with Crippen LogP contribution in [-0.2, 0) is 17.1 Å². The highest BCUT2D eigenvalue weighted by atomic mass is 35.5. The number of aromatic nitrogens is 2. The van der Waals surface area contributed by atoms with Crippen LogP contribution >= 0.6 is 11.6 Å². The molecule has 0 radical (unpaired) electrons. The van der Waals surface area contributed by atoms with Crippen LogP contribution in [0.2, 0.25) is 5.02 Å². The van der Waals surface area contributed by atoms with Crippen LogP contribution in [0.25, 0.3) is 0 Å². The Labute approximate surface area is 124 Å². The molecule has 7 nitrogen and oxygen atoms in total. The molecule has 2 N–H and O–H groups in total. The fraction of sp³-hybridized carbons (Fsp3) is 0.0909. The average Bonchev–Trinajstić information content (AvgIpc) is 2.71. The van der Waals surface area contributed by atoms with E-state index in [0.717, 1.165) is 29.1 Å². The molecule has 0 unspecified atom stereocenters. The lowest BCUT2D eigenvalue weighted by atomic mass is 10.2. The van der Waals surface area contributed by atoms with Crippen LogP contribution in [0.3, 0.4) is 0 Å². The van der Waals surface area contributed by atoms with Crippen LogP contribution in [0.5, 0.6) is 0 Å². The number of rotatable bonds is 4. The highest BCUT2D eigenvalue weighted by Gasteiger charge is 2.26. The molecule has 10 heteroatoms. The third-order valence-electron chi connectivity index (χ3n) is 2.58. The van der Waals surface area contributed by atoms with E-state index in [1.54, 1.807) is 0 Å². The molecular weight excluding hydrogens is 325 g/mol. The normalized spacial score (nSPS) is 11.4. The van der Waals surface area contributed by atoms with Crippen molar-refractivity contribution in [3.8, 4) is 0 Å². The van der Waals surface area contributed by atoms with Crippen molar-refractivity contribution in [1.82, 2.24) is 9.78 Å². The lowest BCUT2D eigenvalue weighted by Crippen LogP contribution is -2.19. The third-order valence-corrected chi connectivity index (χ3v) is 4.43. The van der Waals surface area contributed by atoms with Gasteiger partial charge in [-0.3, -0.25) is 9.40 Å². The van der Waals surface area contributed by atoms with Gasteiger partial charge in [0.15, 0.2) is 5.03 Å². The third kappa shape index (κ3) is 2.83. The Balaban J connectivity index is 2.55. The quantitative estimate of drug-likeness (QED) is 0.887. The number of sulfonamides is 1. The Hall–Kier alpha value is -2.13. The first-order valence-corrected chi connectivity index (χ1v) is 7.32. The minimum absolute atomic E-state index is 0.168. The van der Waals surface area contributed by atoms with Gasteiger partial charge in [-0.15, -0.1) is 0 Å². The summed E-state index contributed by atoms with van der Waals surface area (Å²) in [7, 11) is -2.96. The average molecular weight is 334 g/mol. The van der Waals surface area contributed by atoms with Crippen LogP contribution in [0.1, 0.15) is 10.4 Å². The van der Waals surface area contributed by atoms with Gasteiger partial charge in [0.2, 0.25) is 0 Å². The second kappa shape index (κ2) is 5.34. The Morgan fingerprint density at radius 2 is 2.14 bits per heavy atom. The number of hydrogen-bond acceptors (Lipinski definition) is 4. The van der Waals surface area contributed by atoms with Gasteiger partial charge >= 0.3 is 5.97 Å². The fourth-order valence-corrected chi connectivity index (χ4v) is 3.44. The van der Waals surface area contributed by atoms with Crippen LogP contribution in [0.4, 0.5) is 10.1 Å². The number of anilines is 1. The number of nitrogens with zero attached hydrogens (tertiary/aromatic N) is 2. The van der Waals surface area contributed by atoms with E-state index in [4.69, 9.17) is 16.7 Å². The fourth-order valence-electron chi connectivity index (χ4n) is 1.69. The maximum atomic E-state index is 13.7. The summed E-state index contributed by atoms with van der Waals surface area (Å²) in [4.78, 5) is 11.0. The number of carboxylic acids is 1. The lowest BCUT2D eigenvalue weighted by molar-refractivity contribution is 0.0697. The molecule has 0 bridgehead atoms. The molecule has 1 aromatic carbocycles. The second-order valence-electron chi connectivity index (χ2n) is 3.99. The molecule has 0 saturated heterocycles. The number of nitrogens with one attached hydrogen (secondary N) is 1. The number of hydrogen-bond donors (Lipinski definition) is 2. The van der Waals surface area contributed by atoms with Crippen molar-refractivity contribution in [2.75, 3.05) is 4.72 Å². The van der Waals surface area contributed by atoms with Crippen molar-refractivity contribution in [3.05, 3.63) is 40.8 Å². The molecule has 0 saturated carbocycles. The molecule has 2 aromatic rings. The molecule has 1 heterocycles. The van der Waals surface area contributed by atoms with Crippen LogP contribution in [0.15, 0.2) is 29.4 Å². The number of halogens is 2. The number of carboxylic acid groups (broad SMARTS) is 1.